The molecule has 7 nitrogen and oxygen atoms in total. The summed E-state index contributed by atoms with van der Waals surface area (Å²) in [5, 5.41) is 8.41. The third-order valence-electron chi connectivity index (χ3n) is 2.83. The predicted octanol–water partition coefficient (Wildman–Crippen LogP) is 1.47. The SMILES string of the molecule is Cl.NCc1cccc(OCCOCCOCCOCCC(=O)O)c1. The van der Waals surface area contributed by atoms with E-state index in [1.54, 1.807) is 0 Å². The standard InChI is InChI=1S/C16H25NO6.ClH/c17-13-14-2-1-3-15(12-14)23-11-10-22-9-8-21-7-6-20-5-4-16(18)19;/h1-3,12H,4-11,13,17H2,(H,18,19);1H. The molecule has 0 spiro atoms. The number of rotatable bonds is 14. The molecule has 1 aromatic carbocycles. The fraction of sp³-hybridized carbons (Fsp3) is 0.562. The van der Waals surface area contributed by atoms with E-state index < -0.39 is 5.97 Å². The van der Waals surface area contributed by atoms with Crippen molar-refractivity contribution in [3.05, 3.63) is 29.8 Å². The van der Waals surface area contributed by atoms with Gasteiger partial charge in [-0.25, -0.2) is 0 Å². The number of nitrogens with two attached hydrogens (primary N) is 1. The molecule has 0 bridgehead atoms. The highest BCUT2D eigenvalue weighted by molar-refractivity contribution is 5.85. The minimum atomic E-state index is -0.865. The van der Waals surface area contributed by atoms with Crippen molar-refractivity contribution in [1.82, 2.24) is 0 Å². The monoisotopic (exact) mass is 363 g/mol. The molecule has 3 N–H and O–H groups in total. The number of benzene rings is 1. The number of carbonyl (C=O) groups is 1. The first-order chi connectivity index (χ1) is 11.2. The molecule has 1 rings (SSSR count). The Morgan fingerprint density at radius 1 is 0.958 bits per heavy atom. The highest BCUT2D eigenvalue weighted by atomic mass is 35.5. The van der Waals surface area contributed by atoms with Crippen molar-refractivity contribution in [1.29, 1.82) is 0 Å². The minimum absolute atomic E-state index is 0. The van der Waals surface area contributed by atoms with Gasteiger partial charge in [0.2, 0.25) is 0 Å². The first-order valence-corrected chi connectivity index (χ1v) is 7.59. The topological polar surface area (TPSA) is 100 Å². The van der Waals surface area contributed by atoms with Gasteiger partial charge in [0.25, 0.3) is 0 Å². The molecule has 0 heterocycles. The molecule has 0 unspecified atom stereocenters. The van der Waals surface area contributed by atoms with E-state index in [1.807, 2.05) is 24.3 Å². The summed E-state index contributed by atoms with van der Waals surface area (Å²) < 4.78 is 21.3. The van der Waals surface area contributed by atoms with E-state index in [-0.39, 0.29) is 25.4 Å². The lowest BCUT2D eigenvalue weighted by Gasteiger charge is -2.08. The molecule has 0 aliphatic carbocycles. The summed E-state index contributed by atoms with van der Waals surface area (Å²) in [6, 6.07) is 7.65. The van der Waals surface area contributed by atoms with Crippen LogP contribution in [0.5, 0.6) is 5.75 Å². The Balaban J connectivity index is 0.00000529. The number of hydrogen-bond donors (Lipinski definition) is 2. The van der Waals surface area contributed by atoms with Gasteiger partial charge >= 0.3 is 5.97 Å². The summed E-state index contributed by atoms with van der Waals surface area (Å²) in [4.78, 5) is 10.2. The second kappa shape index (κ2) is 15.2. The second-order valence-corrected chi connectivity index (χ2v) is 4.68. The van der Waals surface area contributed by atoms with Crippen molar-refractivity contribution in [3.63, 3.8) is 0 Å². The van der Waals surface area contributed by atoms with E-state index in [0.29, 0.717) is 46.2 Å². The second-order valence-electron chi connectivity index (χ2n) is 4.68. The van der Waals surface area contributed by atoms with Gasteiger partial charge in [-0.3, -0.25) is 4.79 Å². The van der Waals surface area contributed by atoms with Gasteiger partial charge in [-0.1, -0.05) is 12.1 Å². The van der Waals surface area contributed by atoms with E-state index in [9.17, 15) is 4.79 Å². The molecule has 24 heavy (non-hydrogen) atoms. The molecule has 0 fully saturated rings. The zero-order valence-electron chi connectivity index (χ0n) is 13.6. The molecule has 0 aliphatic heterocycles. The molecule has 0 aliphatic rings. The molecule has 1 aromatic rings. The molecule has 0 saturated carbocycles. The van der Waals surface area contributed by atoms with Gasteiger partial charge in [-0.15, -0.1) is 12.4 Å². The van der Waals surface area contributed by atoms with Gasteiger partial charge in [-0.2, -0.15) is 0 Å². The molecular weight excluding hydrogens is 338 g/mol. The van der Waals surface area contributed by atoms with Crippen LogP contribution in [0.15, 0.2) is 24.3 Å². The van der Waals surface area contributed by atoms with Crippen molar-refractivity contribution < 1.29 is 28.8 Å². The van der Waals surface area contributed by atoms with Crippen LogP contribution in [0.2, 0.25) is 0 Å². The van der Waals surface area contributed by atoms with Crippen molar-refractivity contribution >= 4 is 18.4 Å². The largest absolute Gasteiger partial charge is 0.491 e. The van der Waals surface area contributed by atoms with E-state index in [0.717, 1.165) is 11.3 Å². The molecule has 0 radical (unpaired) electrons. The summed E-state index contributed by atoms with van der Waals surface area (Å²) in [7, 11) is 0. The quantitative estimate of drug-likeness (QED) is 0.483. The number of halogens is 1. The molecule has 138 valence electrons. The van der Waals surface area contributed by atoms with Crippen molar-refractivity contribution in [2.75, 3.05) is 46.2 Å². The average Bonchev–Trinajstić information content (AvgIpc) is 2.55. The summed E-state index contributed by atoms with van der Waals surface area (Å²) in [5.74, 6) is -0.0809. The van der Waals surface area contributed by atoms with Crippen molar-refractivity contribution in [2.45, 2.75) is 13.0 Å². The third kappa shape index (κ3) is 12.1. The first kappa shape index (κ1) is 22.6. The van der Waals surface area contributed by atoms with Crippen LogP contribution in [0.4, 0.5) is 0 Å². The van der Waals surface area contributed by atoms with E-state index >= 15 is 0 Å². The molecule has 0 aromatic heterocycles. The lowest BCUT2D eigenvalue weighted by molar-refractivity contribution is -0.138. The average molecular weight is 364 g/mol. The summed E-state index contributed by atoms with van der Waals surface area (Å²) in [6.45, 7) is 3.38. The lowest BCUT2D eigenvalue weighted by Crippen LogP contribution is -2.13. The van der Waals surface area contributed by atoms with Gasteiger partial charge in [-0.05, 0) is 17.7 Å². The lowest BCUT2D eigenvalue weighted by atomic mass is 10.2. The molecule has 0 saturated heterocycles. The maximum Gasteiger partial charge on any atom is 0.305 e. The highest BCUT2D eigenvalue weighted by Crippen LogP contribution is 2.12. The number of aliphatic carboxylic acids is 1. The number of hydrogen-bond acceptors (Lipinski definition) is 6. The highest BCUT2D eigenvalue weighted by Gasteiger charge is 1.97. The van der Waals surface area contributed by atoms with Gasteiger partial charge < -0.3 is 29.8 Å². The van der Waals surface area contributed by atoms with Crippen LogP contribution in [0.1, 0.15) is 12.0 Å². The van der Waals surface area contributed by atoms with Crippen LogP contribution < -0.4 is 10.5 Å². The van der Waals surface area contributed by atoms with Crippen LogP contribution in [0, 0.1) is 0 Å². The Morgan fingerprint density at radius 3 is 2.12 bits per heavy atom. The van der Waals surface area contributed by atoms with Gasteiger partial charge in [0.1, 0.15) is 12.4 Å². The van der Waals surface area contributed by atoms with Crippen molar-refractivity contribution in [2.24, 2.45) is 5.73 Å². The maximum absolute atomic E-state index is 10.2. The summed E-state index contributed by atoms with van der Waals surface area (Å²) in [6.07, 6.45) is 0.0112. The number of carboxylic acids is 1. The first-order valence-electron chi connectivity index (χ1n) is 7.59. The Morgan fingerprint density at radius 2 is 1.54 bits per heavy atom. The zero-order valence-corrected chi connectivity index (χ0v) is 14.5. The number of carboxylic acid groups (broad SMARTS) is 1. The summed E-state index contributed by atoms with van der Waals surface area (Å²) >= 11 is 0. The summed E-state index contributed by atoms with van der Waals surface area (Å²) in [5.41, 5.74) is 6.59. The molecule has 8 heteroatoms. The molecule has 0 atom stereocenters. The van der Waals surface area contributed by atoms with E-state index in [2.05, 4.69) is 0 Å². The van der Waals surface area contributed by atoms with Crippen LogP contribution in [-0.2, 0) is 25.5 Å². The minimum Gasteiger partial charge on any atom is -0.491 e. The Labute approximate surface area is 148 Å². The fourth-order valence-electron chi connectivity index (χ4n) is 1.68. The Kier molecular flexibility index (Phi) is 14.3. The smallest absolute Gasteiger partial charge is 0.305 e. The molecular formula is C16H26ClNO6. The van der Waals surface area contributed by atoms with Crippen LogP contribution in [0.25, 0.3) is 0 Å². The predicted molar refractivity (Wildman–Crippen MR) is 91.8 cm³/mol. The van der Waals surface area contributed by atoms with Gasteiger partial charge in [0, 0.05) is 6.54 Å². The van der Waals surface area contributed by atoms with E-state index in [4.69, 9.17) is 29.8 Å². The zero-order chi connectivity index (χ0) is 16.8. The van der Waals surface area contributed by atoms with E-state index in [1.165, 1.54) is 0 Å². The normalized spacial score (nSPS) is 10.2. The van der Waals surface area contributed by atoms with Crippen LogP contribution in [-0.4, -0.2) is 57.3 Å². The Bertz CT molecular complexity index is 446. The van der Waals surface area contributed by atoms with Crippen LogP contribution in [0.3, 0.4) is 0 Å². The maximum atomic E-state index is 10.2. The van der Waals surface area contributed by atoms with Crippen LogP contribution >= 0.6 is 12.4 Å². The third-order valence-corrected chi connectivity index (χ3v) is 2.83. The van der Waals surface area contributed by atoms with Gasteiger partial charge in [0.15, 0.2) is 0 Å². The Hall–Kier alpha value is -1.38. The van der Waals surface area contributed by atoms with Crippen molar-refractivity contribution in [3.8, 4) is 5.75 Å². The fourth-order valence-corrected chi connectivity index (χ4v) is 1.68. The number of ether oxygens (including phenoxy) is 4. The molecule has 0 amide bonds. The van der Waals surface area contributed by atoms with Gasteiger partial charge in [0.05, 0.1) is 46.1 Å².